The fraction of sp³-hybridized carbons (Fsp3) is 0.176. The maximum Gasteiger partial charge on any atom is 0.257 e. The van der Waals surface area contributed by atoms with Crippen molar-refractivity contribution in [2.45, 2.75) is 17.4 Å². The molecule has 6 heteroatoms. The van der Waals surface area contributed by atoms with E-state index in [2.05, 4.69) is 10.3 Å². The molecular weight excluding hydrogens is 312 g/mol. The van der Waals surface area contributed by atoms with Crippen molar-refractivity contribution in [2.75, 3.05) is 12.4 Å². The van der Waals surface area contributed by atoms with Crippen LogP contribution >= 0.6 is 11.8 Å². The molecule has 0 saturated carbocycles. The fourth-order valence-corrected chi connectivity index (χ4v) is 2.81. The molecule has 1 heterocycles. The number of carbonyl (C=O) groups is 1. The standard InChI is InChI=1S/C17H16N2O3S/c1-11(16(20)18-12-6-5-7-13(10-12)21-2)23-17-19-14-8-3-4-9-15(14)22-17/h3-11H,1-2H3,(H,18,20)/t11-/m0/s1. The van der Waals surface area contributed by atoms with Gasteiger partial charge in [-0.2, -0.15) is 0 Å². The number of methoxy groups -OCH3 is 1. The second-order valence-electron chi connectivity index (χ2n) is 4.93. The maximum atomic E-state index is 12.3. The summed E-state index contributed by atoms with van der Waals surface area (Å²) in [6, 6.07) is 14.8. The lowest BCUT2D eigenvalue weighted by Crippen LogP contribution is -2.22. The summed E-state index contributed by atoms with van der Waals surface area (Å²) in [5.41, 5.74) is 2.20. The van der Waals surface area contributed by atoms with Gasteiger partial charge in [-0.15, -0.1) is 0 Å². The summed E-state index contributed by atoms with van der Waals surface area (Å²) in [6.07, 6.45) is 0. The second kappa shape index (κ2) is 6.75. The number of amides is 1. The number of aromatic nitrogens is 1. The molecule has 0 aliphatic heterocycles. The average Bonchev–Trinajstić information content (AvgIpc) is 2.97. The van der Waals surface area contributed by atoms with E-state index in [0.717, 1.165) is 11.1 Å². The molecule has 1 amide bonds. The van der Waals surface area contributed by atoms with Gasteiger partial charge in [-0.3, -0.25) is 4.79 Å². The molecule has 1 atom stereocenters. The smallest absolute Gasteiger partial charge is 0.257 e. The topological polar surface area (TPSA) is 64.4 Å². The molecule has 0 aliphatic carbocycles. The number of benzene rings is 2. The third-order valence-electron chi connectivity index (χ3n) is 3.26. The number of nitrogens with zero attached hydrogens (tertiary/aromatic N) is 1. The summed E-state index contributed by atoms with van der Waals surface area (Å²) in [5.74, 6) is 0.576. The summed E-state index contributed by atoms with van der Waals surface area (Å²) >= 11 is 1.29. The zero-order chi connectivity index (χ0) is 16.2. The highest BCUT2D eigenvalue weighted by atomic mass is 32.2. The van der Waals surface area contributed by atoms with Crippen molar-refractivity contribution < 1.29 is 13.9 Å². The van der Waals surface area contributed by atoms with E-state index in [1.807, 2.05) is 49.4 Å². The molecule has 23 heavy (non-hydrogen) atoms. The number of thioether (sulfide) groups is 1. The van der Waals surface area contributed by atoms with Gasteiger partial charge in [0.2, 0.25) is 5.91 Å². The highest BCUT2D eigenvalue weighted by Crippen LogP contribution is 2.27. The third kappa shape index (κ3) is 3.65. The van der Waals surface area contributed by atoms with E-state index in [9.17, 15) is 4.79 Å². The van der Waals surface area contributed by atoms with E-state index < -0.39 is 0 Å². The number of carbonyl (C=O) groups excluding carboxylic acids is 1. The van der Waals surface area contributed by atoms with Crippen LogP contribution in [0.1, 0.15) is 6.92 Å². The minimum absolute atomic E-state index is 0.120. The van der Waals surface area contributed by atoms with Crippen molar-refractivity contribution >= 4 is 34.5 Å². The number of rotatable bonds is 5. The van der Waals surface area contributed by atoms with Crippen molar-refractivity contribution in [1.29, 1.82) is 0 Å². The number of para-hydroxylation sites is 2. The Bertz CT molecular complexity index is 798. The Labute approximate surface area is 138 Å². The zero-order valence-electron chi connectivity index (χ0n) is 12.8. The van der Waals surface area contributed by atoms with Gasteiger partial charge in [0.25, 0.3) is 5.22 Å². The Morgan fingerprint density at radius 3 is 2.87 bits per heavy atom. The van der Waals surface area contributed by atoms with E-state index in [1.165, 1.54) is 11.8 Å². The Balaban J connectivity index is 1.67. The van der Waals surface area contributed by atoms with Crippen LogP contribution in [0.3, 0.4) is 0 Å². The Kier molecular flexibility index (Phi) is 4.52. The van der Waals surface area contributed by atoms with Crippen molar-refractivity contribution in [3.63, 3.8) is 0 Å². The van der Waals surface area contributed by atoms with Crippen LogP contribution in [0.4, 0.5) is 5.69 Å². The maximum absolute atomic E-state index is 12.3. The van der Waals surface area contributed by atoms with Crippen molar-refractivity contribution in [3.8, 4) is 5.75 Å². The highest BCUT2D eigenvalue weighted by Gasteiger charge is 2.18. The van der Waals surface area contributed by atoms with E-state index in [4.69, 9.17) is 9.15 Å². The molecule has 118 valence electrons. The highest BCUT2D eigenvalue weighted by molar-refractivity contribution is 8.00. The van der Waals surface area contributed by atoms with Gasteiger partial charge in [0, 0.05) is 11.8 Å². The van der Waals surface area contributed by atoms with Gasteiger partial charge in [-0.1, -0.05) is 30.0 Å². The number of hydrogen-bond acceptors (Lipinski definition) is 5. The monoisotopic (exact) mass is 328 g/mol. The van der Waals surface area contributed by atoms with E-state index >= 15 is 0 Å². The molecule has 3 aromatic rings. The quantitative estimate of drug-likeness (QED) is 0.718. The van der Waals surface area contributed by atoms with Crippen LogP contribution in [-0.4, -0.2) is 23.3 Å². The van der Waals surface area contributed by atoms with Crippen LogP contribution in [0.5, 0.6) is 5.75 Å². The normalized spacial score (nSPS) is 12.1. The van der Waals surface area contributed by atoms with Crippen LogP contribution in [0.25, 0.3) is 11.1 Å². The number of fused-ring (bicyclic) bond motifs is 1. The molecule has 0 aliphatic rings. The van der Waals surface area contributed by atoms with E-state index in [1.54, 1.807) is 13.2 Å². The SMILES string of the molecule is COc1cccc(NC(=O)[C@H](C)Sc2nc3ccccc3o2)c1. The van der Waals surface area contributed by atoms with Gasteiger partial charge in [0.15, 0.2) is 5.58 Å². The van der Waals surface area contributed by atoms with Crippen molar-refractivity contribution in [1.82, 2.24) is 4.98 Å². The Hall–Kier alpha value is -2.47. The lowest BCUT2D eigenvalue weighted by atomic mass is 10.3. The van der Waals surface area contributed by atoms with Gasteiger partial charge in [0.05, 0.1) is 12.4 Å². The van der Waals surface area contributed by atoms with Gasteiger partial charge < -0.3 is 14.5 Å². The summed E-state index contributed by atoms with van der Waals surface area (Å²) < 4.78 is 10.8. The molecule has 0 fully saturated rings. The summed E-state index contributed by atoms with van der Waals surface area (Å²) in [7, 11) is 1.59. The molecule has 1 N–H and O–H groups in total. The Morgan fingerprint density at radius 1 is 1.26 bits per heavy atom. The number of hydrogen-bond donors (Lipinski definition) is 1. The van der Waals surface area contributed by atoms with Crippen LogP contribution < -0.4 is 10.1 Å². The first-order valence-electron chi connectivity index (χ1n) is 7.13. The minimum atomic E-state index is -0.339. The largest absolute Gasteiger partial charge is 0.497 e. The molecule has 1 aromatic heterocycles. The average molecular weight is 328 g/mol. The first-order chi connectivity index (χ1) is 11.2. The van der Waals surface area contributed by atoms with Gasteiger partial charge in [0.1, 0.15) is 11.3 Å². The molecule has 0 spiro atoms. The van der Waals surface area contributed by atoms with Crippen molar-refractivity contribution in [3.05, 3.63) is 48.5 Å². The first kappa shape index (κ1) is 15.4. The first-order valence-corrected chi connectivity index (χ1v) is 8.01. The lowest BCUT2D eigenvalue weighted by molar-refractivity contribution is -0.115. The van der Waals surface area contributed by atoms with Crippen LogP contribution in [0.15, 0.2) is 58.2 Å². The molecule has 2 aromatic carbocycles. The fourth-order valence-electron chi connectivity index (χ4n) is 2.05. The Morgan fingerprint density at radius 2 is 2.09 bits per heavy atom. The van der Waals surface area contributed by atoms with Gasteiger partial charge in [-0.05, 0) is 31.2 Å². The molecule has 0 bridgehead atoms. The minimum Gasteiger partial charge on any atom is -0.497 e. The van der Waals surface area contributed by atoms with Crippen molar-refractivity contribution in [2.24, 2.45) is 0 Å². The number of oxazole rings is 1. The predicted molar refractivity (Wildman–Crippen MR) is 91.0 cm³/mol. The third-order valence-corrected chi connectivity index (χ3v) is 4.20. The van der Waals surface area contributed by atoms with E-state index in [0.29, 0.717) is 16.7 Å². The molecule has 5 nitrogen and oxygen atoms in total. The van der Waals surface area contributed by atoms with E-state index in [-0.39, 0.29) is 11.2 Å². The number of nitrogens with one attached hydrogen (secondary N) is 1. The molecule has 0 saturated heterocycles. The summed E-state index contributed by atoms with van der Waals surface area (Å²) in [4.78, 5) is 16.7. The molecule has 3 rings (SSSR count). The molecule has 0 unspecified atom stereocenters. The summed E-state index contributed by atoms with van der Waals surface area (Å²) in [5, 5.41) is 3.01. The van der Waals surface area contributed by atoms with Gasteiger partial charge in [-0.25, -0.2) is 4.98 Å². The second-order valence-corrected chi connectivity index (χ2v) is 6.22. The van der Waals surface area contributed by atoms with Gasteiger partial charge >= 0.3 is 0 Å². The molecular formula is C17H16N2O3S. The van der Waals surface area contributed by atoms with Crippen LogP contribution in [-0.2, 0) is 4.79 Å². The molecule has 0 radical (unpaired) electrons. The van der Waals surface area contributed by atoms with Crippen LogP contribution in [0.2, 0.25) is 0 Å². The summed E-state index contributed by atoms with van der Waals surface area (Å²) in [6.45, 7) is 1.81. The zero-order valence-corrected chi connectivity index (χ0v) is 13.6. The predicted octanol–water partition coefficient (Wildman–Crippen LogP) is 3.96. The lowest BCUT2D eigenvalue weighted by Gasteiger charge is -2.10. The number of ether oxygens (including phenoxy) is 1. The number of anilines is 1. The van der Waals surface area contributed by atoms with Crippen LogP contribution in [0, 0.1) is 0 Å².